The van der Waals surface area contributed by atoms with Crippen molar-refractivity contribution in [3.63, 3.8) is 0 Å². The number of nitriles is 1. The third kappa shape index (κ3) is 5.08. The second-order valence-corrected chi connectivity index (χ2v) is 6.88. The maximum absolute atomic E-state index is 13.5. The van der Waals surface area contributed by atoms with Crippen LogP contribution < -0.4 is 9.47 Å². The van der Waals surface area contributed by atoms with E-state index in [1.807, 2.05) is 13.8 Å². The molecule has 0 N–H and O–H groups in total. The van der Waals surface area contributed by atoms with E-state index in [-0.39, 0.29) is 28.8 Å². The van der Waals surface area contributed by atoms with Crippen LogP contribution in [0.4, 0.5) is 4.39 Å². The Hall–Kier alpha value is -3.01. The highest BCUT2D eigenvalue weighted by Crippen LogP contribution is 2.41. The van der Waals surface area contributed by atoms with Gasteiger partial charge in [-0.25, -0.2) is 4.39 Å². The average Bonchev–Trinajstić information content (AvgIpc) is 3.01. The largest absolute Gasteiger partial charge is 0.487 e. The predicted molar refractivity (Wildman–Crippen MR) is 109 cm³/mol. The lowest BCUT2D eigenvalue weighted by Crippen LogP contribution is -2.25. The van der Waals surface area contributed by atoms with Crippen LogP contribution >= 0.6 is 0 Å². The summed E-state index contributed by atoms with van der Waals surface area (Å²) in [6, 6.07) is 7.76. The Morgan fingerprint density at radius 1 is 1.07 bits per heavy atom. The van der Waals surface area contributed by atoms with E-state index in [4.69, 9.17) is 9.47 Å². The molecule has 0 aliphatic heterocycles. The van der Waals surface area contributed by atoms with Crippen molar-refractivity contribution < 1.29 is 18.7 Å². The van der Waals surface area contributed by atoms with Gasteiger partial charge in [-0.2, -0.15) is 5.26 Å². The number of unbranched alkanes of at least 4 members (excludes halogenated alkanes) is 2. The van der Waals surface area contributed by atoms with Gasteiger partial charge in [0.25, 0.3) is 5.91 Å². The van der Waals surface area contributed by atoms with Crippen molar-refractivity contribution in [3.8, 4) is 23.3 Å². The molecular weight excluding hydrogens is 373 g/mol. The van der Waals surface area contributed by atoms with Crippen molar-refractivity contribution in [1.29, 1.82) is 5.26 Å². The minimum absolute atomic E-state index is 0.157. The van der Waals surface area contributed by atoms with Gasteiger partial charge in [-0.3, -0.25) is 9.36 Å². The number of aromatic nitrogens is 1. The van der Waals surface area contributed by atoms with E-state index in [1.54, 1.807) is 14.1 Å². The fraction of sp³-hybridized carbons (Fsp3) is 0.455. The third-order valence-corrected chi connectivity index (χ3v) is 4.37. The molecule has 0 unspecified atom stereocenters. The van der Waals surface area contributed by atoms with E-state index >= 15 is 0 Å². The fourth-order valence-corrected chi connectivity index (χ4v) is 2.79. The Morgan fingerprint density at radius 3 is 2.10 bits per heavy atom. The first-order valence-corrected chi connectivity index (χ1v) is 9.88. The van der Waals surface area contributed by atoms with Crippen molar-refractivity contribution in [2.24, 2.45) is 0 Å². The van der Waals surface area contributed by atoms with Crippen LogP contribution in [-0.2, 0) is 0 Å². The van der Waals surface area contributed by atoms with E-state index in [0.717, 1.165) is 25.7 Å². The summed E-state index contributed by atoms with van der Waals surface area (Å²) in [5.74, 6) is -0.220. The molecule has 0 aliphatic rings. The summed E-state index contributed by atoms with van der Waals surface area (Å²) in [4.78, 5) is 14.5. The lowest BCUT2D eigenvalue weighted by molar-refractivity contribution is 0.0814. The molecule has 0 bridgehead atoms. The van der Waals surface area contributed by atoms with Gasteiger partial charge in [0.1, 0.15) is 11.9 Å². The van der Waals surface area contributed by atoms with E-state index < -0.39 is 5.82 Å². The minimum atomic E-state index is -0.404. The molecule has 2 aromatic rings. The number of benzene rings is 1. The van der Waals surface area contributed by atoms with Crippen LogP contribution in [0.25, 0.3) is 5.69 Å². The fourth-order valence-electron chi connectivity index (χ4n) is 2.79. The standard InChI is InChI=1S/C22H28FN3O3/c1-5-7-13-28-20-18(15-24)26(17-11-9-16(23)10-12-17)19(22(27)25(3)4)21(20)29-14-8-6-2/h9-12H,5-8,13-14H2,1-4H3. The summed E-state index contributed by atoms with van der Waals surface area (Å²) >= 11 is 0. The number of ether oxygens (including phenoxy) is 2. The number of carbonyl (C=O) groups excluding carboxylic acids is 1. The van der Waals surface area contributed by atoms with E-state index in [9.17, 15) is 14.4 Å². The molecule has 0 saturated carbocycles. The number of hydrogen-bond acceptors (Lipinski definition) is 4. The number of rotatable bonds is 10. The molecule has 0 aliphatic carbocycles. The van der Waals surface area contributed by atoms with E-state index in [2.05, 4.69) is 6.07 Å². The van der Waals surface area contributed by atoms with Gasteiger partial charge in [0.05, 0.1) is 13.2 Å². The number of nitrogens with zero attached hydrogens (tertiary/aromatic N) is 3. The van der Waals surface area contributed by atoms with Gasteiger partial charge in [0, 0.05) is 19.8 Å². The molecule has 0 saturated heterocycles. The topological polar surface area (TPSA) is 67.5 Å². The van der Waals surface area contributed by atoms with Crippen LogP contribution in [0.1, 0.15) is 55.7 Å². The second kappa shape index (κ2) is 10.5. The molecule has 1 aromatic heterocycles. The first kappa shape index (κ1) is 22.3. The molecule has 1 heterocycles. The van der Waals surface area contributed by atoms with Gasteiger partial charge in [-0.1, -0.05) is 26.7 Å². The Balaban J connectivity index is 2.73. The Labute approximate surface area is 171 Å². The third-order valence-electron chi connectivity index (χ3n) is 4.37. The molecule has 2 rings (SSSR count). The summed E-state index contributed by atoms with van der Waals surface area (Å²) < 4.78 is 26.8. The number of hydrogen-bond donors (Lipinski definition) is 0. The first-order chi connectivity index (χ1) is 14.0. The highest BCUT2D eigenvalue weighted by Gasteiger charge is 2.32. The normalized spacial score (nSPS) is 10.5. The number of carbonyl (C=O) groups is 1. The molecule has 1 aromatic carbocycles. The molecular formula is C22H28FN3O3. The molecule has 29 heavy (non-hydrogen) atoms. The van der Waals surface area contributed by atoms with Crippen LogP contribution in [0.2, 0.25) is 0 Å². The summed E-state index contributed by atoms with van der Waals surface area (Å²) in [6.45, 7) is 4.88. The van der Waals surface area contributed by atoms with Crippen molar-refractivity contribution in [3.05, 3.63) is 41.5 Å². The smallest absolute Gasteiger partial charge is 0.274 e. The van der Waals surface area contributed by atoms with Crippen molar-refractivity contribution in [2.75, 3.05) is 27.3 Å². The van der Waals surface area contributed by atoms with Crippen LogP contribution in [0.15, 0.2) is 24.3 Å². The zero-order valence-corrected chi connectivity index (χ0v) is 17.5. The molecule has 0 spiro atoms. The van der Waals surface area contributed by atoms with Crippen molar-refractivity contribution >= 4 is 5.91 Å². The summed E-state index contributed by atoms with van der Waals surface area (Å²) in [6.07, 6.45) is 3.45. The van der Waals surface area contributed by atoms with Gasteiger partial charge in [0.2, 0.25) is 0 Å². The Kier molecular flexibility index (Phi) is 8.08. The first-order valence-electron chi connectivity index (χ1n) is 9.88. The monoisotopic (exact) mass is 401 g/mol. The zero-order valence-electron chi connectivity index (χ0n) is 17.5. The Bertz CT molecular complexity index is 867. The maximum atomic E-state index is 13.5. The van der Waals surface area contributed by atoms with E-state index in [0.29, 0.717) is 18.9 Å². The van der Waals surface area contributed by atoms with Crippen molar-refractivity contribution in [1.82, 2.24) is 9.47 Å². The molecule has 1 amide bonds. The van der Waals surface area contributed by atoms with Crippen LogP contribution in [0.3, 0.4) is 0 Å². The summed E-state index contributed by atoms with van der Waals surface area (Å²) in [5, 5.41) is 9.90. The van der Waals surface area contributed by atoms with Crippen LogP contribution in [0, 0.1) is 17.1 Å². The SMILES string of the molecule is CCCCOc1c(OCCCC)c(C(=O)N(C)C)n(-c2ccc(F)cc2)c1C#N. The van der Waals surface area contributed by atoms with Gasteiger partial charge in [-0.05, 0) is 37.1 Å². The highest BCUT2D eigenvalue weighted by atomic mass is 19.1. The van der Waals surface area contributed by atoms with Gasteiger partial charge < -0.3 is 14.4 Å². The van der Waals surface area contributed by atoms with E-state index in [1.165, 1.54) is 33.7 Å². The number of halogens is 1. The highest BCUT2D eigenvalue weighted by molar-refractivity contribution is 5.98. The quantitative estimate of drug-likeness (QED) is 0.548. The summed E-state index contributed by atoms with van der Waals surface area (Å²) in [5.41, 5.74) is 0.837. The van der Waals surface area contributed by atoms with Crippen LogP contribution in [-0.4, -0.2) is 42.7 Å². The lowest BCUT2D eigenvalue weighted by Gasteiger charge is -2.16. The van der Waals surface area contributed by atoms with Gasteiger partial charge >= 0.3 is 0 Å². The maximum Gasteiger partial charge on any atom is 0.274 e. The van der Waals surface area contributed by atoms with Crippen molar-refractivity contribution in [2.45, 2.75) is 39.5 Å². The predicted octanol–water partition coefficient (Wildman–Crippen LogP) is 4.55. The average molecular weight is 401 g/mol. The second-order valence-electron chi connectivity index (χ2n) is 6.88. The van der Waals surface area contributed by atoms with Gasteiger partial charge in [0.15, 0.2) is 22.9 Å². The summed E-state index contributed by atoms with van der Waals surface area (Å²) in [7, 11) is 3.26. The molecule has 0 atom stereocenters. The zero-order chi connectivity index (χ0) is 21.4. The minimum Gasteiger partial charge on any atom is -0.487 e. The molecule has 7 heteroatoms. The van der Waals surface area contributed by atoms with Gasteiger partial charge in [-0.15, -0.1) is 0 Å². The number of amides is 1. The Morgan fingerprint density at radius 2 is 1.62 bits per heavy atom. The molecule has 0 fully saturated rings. The molecule has 6 nitrogen and oxygen atoms in total. The lowest BCUT2D eigenvalue weighted by atomic mass is 10.2. The molecule has 156 valence electrons. The van der Waals surface area contributed by atoms with Crippen LogP contribution in [0.5, 0.6) is 11.5 Å². The molecule has 0 radical (unpaired) electrons.